The maximum atomic E-state index is 6.29. The number of pyridine rings is 1. The van der Waals surface area contributed by atoms with Crippen LogP contribution in [-0.2, 0) is 18.4 Å². The van der Waals surface area contributed by atoms with Gasteiger partial charge < -0.3 is 15.0 Å². The third-order valence-corrected chi connectivity index (χ3v) is 6.15. The van der Waals surface area contributed by atoms with E-state index in [4.69, 9.17) is 4.74 Å². The number of anilines is 2. The number of likely N-dealkylation sites (tertiary alicyclic amines) is 1. The molecular formula is C24H30N8O. The summed E-state index contributed by atoms with van der Waals surface area (Å²) in [7, 11) is 4.12. The molecule has 1 aliphatic heterocycles. The highest BCUT2D eigenvalue weighted by atomic mass is 16.5. The van der Waals surface area contributed by atoms with E-state index in [-0.39, 0.29) is 6.10 Å². The van der Waals surface area contributed by atoms with Gasteiger partial charge in [-0.25, -0.2) is 14.5 Å². The SMILES string of the molecule is Cc1cc(Nc2cc3cc(-c4c(CO[C@H]5CN(C)C[C@H]5C)cnn4C)ccn3n2)nc(C)n1. The van der Waals surface area contributed by atoms with E-state index in [0.717, 1.165) is 58.6 Å². The molecule has 4 aromatic rings. The van der Waals surface area contributed by atoms with Crippen molar-refractivity contribution in [3.8, 4) is 11.3 Å². The Morgan fingerprint density at radius 2 is 1.94 bits per heavy atom. The molecule has 1 saturated heterocycles. The summed E-state index contributed by atoms with van der Waals surface area (Å²) in [5, 5.41) is 12.4. The molecular weight excluding hydrogens is 416 g/mol. The average Bonchev–Trinajstić information content (AvgIpc) is 3.40. The van der Waals surface area contributed by atoms with Gasteiger partial charge in [-0.05, 0) is 38.9 Å². The van der Waals surface area contributed by atoms with Crippen LogP contribution in [0, 0.1) is 19.8 Å². The van der Waals surface area contributed by atoms with Crippen molar-refractivity contribution in [2.24, 2.45) is 13.0 Å². The molecule has 0 spiro atoms. The van der Waals surface area contributed by atoms with E-state index in [0.29, 0.717) is 12.5 Å². The average molecular weight is 447 g/mol. The van der Waals surface area contributed by atoms with Crippen LogP contribution in [0.2, 0.25) is 0 Å². The number of likely N-dealkylation sites (N-methyl/N-ethyl adjacent to an activating group) is 1. The summed E-state index contributed by atoms with van der Waals surface area (Å²) in [6, 6.07) is 8.11. The summed E-state index contributed by atoms with van der Waals surface area (Å²) in [6.45, 7) is 8.69. The fourth-order valence-corrected chi connectivity index (χ4v) is 4.66. The number of hydrogen-bond acceptors (Lipinski definition) is 7. The Balaban J connectivity index is 1.38. The lowest BCUT2D eigenvalue weighted by molar-refractivity contribution is 0.0273. The van der Waals surface area contributed by atoms with Crippen molar-refractivity contribution < 1.29 is 4.74 Å². The van der Waals surface area contributed by atoms with Crippen LogP contribution in [0.4, 0.5) is 11.6 Å². The monoisotopic (exact) mass is 446 g/mol. The lowest BCUT2D eigenvalue weighted by Crippen LogP contribution is -2.21. The highest BCUT2D eigenvalue weighted by molar-refractivity contribution is 5.71. The summed E-state index contributed by atoms with van der Waals surface area (Å²) in [6.07, 6.45) is 4.13. The molecule has 2 atom stereocenters. The number of aromatic nitrogens is 6. The van der Waals surface area contributed by atoms with E-state index in [1.165, 1.54) is 0 Å². The van der Waals surface area contributed by atoms with E-state index < -0.39 is 0 Å². The van der Waals surface area contributed by atoms with E-state index >= 15 is 0 Å². The fraction of sp³-hybridized carbons (Fsp3) is 0.417. The van der Waals surface area contributed by atoms with Gasteiger partial charge >= 0.3 is 0 Å². The molecule has 4 aromatic heterocycles. The first-order valence-corrected chi connectivity index (χ1v) is 11.3. The molecule has 0 bridgehead atoms. The van der Waals surface area contributed by atoms with Crippen molar-refractivity contribution in [3.63, 3.8) is 0 Å². The quantitative estimate of drug-likeness (QED) is 0.486. The Labute approximate surface area is 193 Å². The predicted molar refractivity (Wildman–Crippen MR) is 127 cm³/mol. The first kappa shape index (κ1) is 21.5. The Kier molecular flexibility index (Phi) is 5.59. The van der Waals surface area contributed by atoms with Crippen molar-refractivity contribution in [2.45, 2.75) is 33.5 Å². The van der Waals surface area contributed by atoms with Crippen molar-refractivity contribution in [1.29, 1.82) is 0 Å². The third kappa shape index (κ3) is 4.46. The minimum Gasteiger partial charge on any atom is -0.372 e. The van der Waals surface area contributed by atoms with Crippen molar-refractivity contribution >= 4 is 17.2 Å². The zero-order chi connectivity index (χ0) is 23.1. The van der Waals surface area contributed by atoms with Crippen molar-refractivity contribution in [1.82, 2.24) is 34.3 Å². The first-order chi connectivity index (χ1) is 15.9. The van der Waals surface area contributed by atoms with Gasteiger partial charge in [0.15, 0.2) is 5.82 Å². The van der Waals surface area contributed by atoms with Crippen LogP contribution in [0.25, 0.3) is 16.8 Å². The largest absolute Gasteiger partial charge is 0.372 e. The van der Waals surface area contributed by atoms with Gasteiger partial charge in [0.25, 0.3) is 0 Å². The molecule has 0 aliphatic carbocycles. The highest BCUT2D eigenvalue weighted by Gasteiger charge is 2.28. The minimum atomic E-state index is 0.253. The molecule has 1 fully saturated rings. The van der Waals surface area contributed by atoms with E-state index in [2.05, 4.69) is 56.5 Å². The molecule has 9 nitrogen and oxygen atoms in total. The van der Waals surface area contributed by atoms with Crippen LogP contribution in [0.5, 0.6) is 0 Å². The van der Waals surface area contributed by atoms with Gasteiger partial charge in [-0.15, -0.1) is 0 Å². The van der Waals surface area contributed by atoms with Crippen LogP contribution in [-0.4, -0.2) is 60.5 Å². The number of nitrogens with one attached hydrogen (secondary N) is 1. The molecule has 0 aromatic carbocycles. The van der Waals surface area contributed by atoms with Crippen LogP contribution in [0.3, 0.4) is 0 Å². The molecule has 0 amide bonds. The molecule has 5 rings (SSSR count). The van der Waals surface area contributed by atoms with E-state index in [9.17, 15) is 0 Å². The summed E-state index contributed by atoms with van der Waals surface area (Å²) in [5.74, 6) is 2.74. The Bertz CT molecular complexity index is 1270. The van der Waals surface area contributed by atoms with Crippen molar-refractivity contribution in [2.75, 3.05) is 25.5 Å². The van der Waals surface area contributed by atoms with Crippen molar-refractivity contribution in [3.05, 3.63) is 53.7 Å². The minimum absolute atomic E-state index is 0.253. The van der Waals surface area contributed by atoms with Gasteiger partial charge in [0.2, 0.25) is 0 Å². The van der Waals surface area contributed by atoms with Crippen LogP contribution in [0.1, 0.15) is 24.0 Å². The molecule has 1 aliphatic rings. The lowest BCUT2D eigenvalue weighted by Gasteiger charge is -2.16. The zero-order valence-electron chi connectivity index (χ0n) is 19.8. The topological polar surface area (TPSA) is 85.4 Å². The van der Waals surface area contributed by atoms with E-state index in [1.807, 2.05) is 54.6 Å². The van der Waals surface area contributed by atoms with Gasteiger partial charge in [0.05, 0.1) is 30.1 Å². The third-order valence-electron chi connectivity index (χ3n) is 6.15. The van der Waals surface area contributed by atoms with Crippen LogP contribution >= 0.6 is 0 Å². The Morgan fingerprint density at radius 3 is 2.70 bits per heavy atom. The molecule has 9 heteroatoms. The molecule has 172 valence electrons. The maximum absolute atomic E-state index is 6.29. The van der Waals surface area contributed by atoms with Gasteiger partial charge in [-0.2, -0.15) is 10.2 Å². The normalized spacial score (nSPS) is 18.9. The Hall–Kier alpha value is -3.30. The molecule has 33 heavy (non-hydrogen) atoms. The van der Waals surface area contributed by atoms with Gasteiger partial charge in [0.1, 0.15) is 11.6 Å². The number of ether oxygens (including phenoxy) is 1. The number of nitrogens with zero attached hydrogens (tertiary/aromatic N) is 7. The molecule has 1 N–H and O–H groups in total. The number of fused-ring (bicyclic) bond motifs is 1. The Morgan fingerprint density at radius 1 is 1.09 bits per heavy atom. The maximum Gasteiger partial charge on any atom is 0.154 e. The predicted octanol–water partition coefficient (Wildman–Crippen LogP) is 3.35. The molecule has 0 saturated carbocycles. The first-order valence-electron chi connectivity index (χ1n) is 11.3. The van der Waals surface area contributed by atoms with Gasteiger partial charge in [-0.3, -0.25) is 4.68 Å². The summed E-state index contributed by atoms with van der Waals surface area (Å²) in [5.41, 5.74) is 5.14. The van der Waals surface area contributed by atoms with Crippen LogP contribution in [0.15, 0.2) is 36.7 Å². The molecule has 0 unspecified atom stereocenters. The van der Waals surface area contributed by atoms with Crippen LogP contribution < -0.4 is 5.32 Å². The standard InChI is InChI=1S/C24H30N8O/c1-15-12-30(4)13-21(15)33-14-19-11-25-31(5)24(19)18-6-7-32-20(9-18)10-23(29-32)28-22-8-16(2)26-17(3)27-22/h6-11,15,21H,12-14H2,1-5H3,(H,26,27,28,29)/t15-,21+/m1/s1. The highest BCUT2D eigenvalue weighted by Crippen LogP contribution is 2.28. The second-order valence-corrected chi connectivity index (χ2v) is 9.07. The second kappa shape index (κ2) is 8.57. The number of hydrogen-bond donors (Lipinski definition) is 1. The number of aryl methyl sites for hydroxylation is 3. The van der Waals surface area contributed by atoms with Gasteiger partial charge in [0, 0.05) is 55.3 Å². The zero-order valence-corrected chi connectivity index (χ0v) is 19.8. The summed E-state index contributed by atoms with van der Waals surface area (Å²) >= 11 is 0. The smallest absolute Gasteiger partial charge is 0.154 e. The fourth-order valence-electron chi connectivity index (χ4n) is 4.66. The number of rotatable bonds is 6. The molecule has 5 heterocycles. The second-order valence-electron chi connectivity index (χ2n) is 9.07. The summed E-state index contributed by atoms with van der Waals surface area (Å²) in [4.78, 5) is 11.1. The molecule has 0 radical (unpaired) electrons. The van der Waals surface area contributed by atoms with E-state index in [1.54, 1.807) is 0 Å². The lowest BCUT2D eigenvalue weighted by atomic mass is 10.1. The van der Waals surface area contributed by atoms with Gasteiger partial charge in [-0.1, -0.05) is 6.92 Å². The summed E-state index contributed by atoms with van der Waals surface area (Å²) < 4.78 is 10.1.